The number of esters is 1. The van der Waals surface area contributed by atoms with Gasteiger partial charge in [-0.1, -0.05) is 11.6 Å². The molecule has 11 heteroatoms. The lowest BCUT2D eigenvalue weighted by atomic mass is 9.90. The van der Waals surface area contributed by atoms with Crippen LogP contribution in [0.4, 0.5) is 8.78 Å². The highest BCUT2D eigenvalue weighted by molar-refractivity contribution is 9.10. The van der Waals surface area contributed by atoms with E-state index in [1.807, 2.05) is 0 Å². The van der Waals surface area contributed by atoms with Crippen LogP contribution in [0.5, 0.6) is 5.75 Å². The van der Waals surface area contributed by atoms with E-state index < -0.39 is 30.9 Å². The van der Waals surface area contributed by atoms with E-state index in [9.17, 15) is 23.5 Å². The summed E-state index contributed by atoms with van der Waals surface area (Å²) < 4.78 is 37.9. The Hall–Kier alpha value is -2.72. The van der Waals surface area contributed by atoms with Crippen molar-refractivity contribution in [3.8, 4) is 5.75 Å². The fourth-order valence-electron chi connectivity index (χ4n) is 3.24. The molecule has 164 valence electrons. The molecule has 0 aliphatic heterocycles. The first-order valence-corrected chi connectivity index (χ1v) is 10.2. The van der Waals surface area contributed by atoms with Gasteiger partial charge in [-0.15, -0.1) is 0 Å². The van der Waals surface area contributed by atoms with E-state index in [-0.39, 0.29) is 34.3 Å². The zero-order valence-corrected chi connectivity index (χ0v) is 18.4. The minimum Gasteiger partial charge on any atom is -0.481 e. The number of aromatic nitrogens is 2. The Balaban J connectivity index is 2.33. The van der Waals surface area contributed by atoms with Crippen molar-refractivity contribution in [1.29, 1.82) is 0 Å². The Morgan fingerprint density at radius 3 is 2.68 bits per heavy atom. The minimum atomic E-state index is -3.15. The molecular weight excluding hydrogens is 502 g/mol. The van der Waals surface area contributed by atoms with Crippen LogP contribution in [0.1, 0.15) is 41.0 Å². The molecule has 2 heterocycles. The second-order valence-corrected chi connectivity index (χ2v) is 7.70. The summed E-state index contributed by atoms with van der Waals surface area (Å²) in [6.07, 6.45) is 1.04. The number of aliphatic carboxylic acids is 1. The number of carboxylic acid groups (broad SMARTS) is 1. The van der Waals surface area contributed by atoms with Crippen molar-refractivity contribution in [3.63, 3.8) is 0 Å². The molecule has 0 bridgehead atoms. The summed E-state index contributed by atoms with van der Waals surface area (Å²) in [5.41, 5.74) is 0.435. The Bertz CT molecular complexity index is 1140. The molecule has 0 radical (unpaired) electrons. The number of rotatable bonds is 8. The van der Waals surface area contributed by atoms with Crippen LogP contribution in [0.3, 0.4) is 0 Å². The number of pyridine rings is 1. The van der Waals surface area contributed by atoms with Crippen LogP contribution in [0.25, 0.3) is 5.65 Å². The molecule has 0 fully saturated rings. The summed E-state index contributed by atoms with van der Waals surface area (Å²) in [5.74, 6) is -3.36. The summed E-state index contributed by atoms with van der Waals surface area (Å²) in [7, 11) is 0. The van der Waals surface area contributed by atoms with E-state index in [4.69, 9.17) is 16.3 Å². The van der Waals surface area contributed by atoms with Gasteiger partial charge in [0.25, 0.3) is 0 Å². The van der Waals surface area contributed by atoms with Gasteiger partial charge in [-0.05, 0) is 53.2 Å². The van der Waals surface area contributed by atoms with Gasteiger partial charge in [0.1, 0.15) is 11.4 Å². The molecule has 1 aromatic carbocycles. The highest BCUT2D eigenvalue weighted by Crippen LogP contribution is 2.39. The van der Waals surface area contributed by atoms with E-state index in [0.717, 1.165) is 0 Å². The van der Waals surface area contributed by atoms with Gasteiger partial charge in [0.05, 0.1) is 18.7 Å². The molecule has 2 aromatic heterocycles. The Morgan fingerprint density at radius 2 is 2.03 bits per heavy atom. The van der Waals surface area contributed by atoms with Crippen LogP contribution in [0, 0.1) is 0 Å². The quantitative estimate of drug-likeness (QED) is 0.417. The van der Waals surface area contributed by atoms with Crippen LogP contribution < -0.4 is 4.74 Å². The van der Waals surface area contributed by atoms with Crippen LogP contribution in [0.15, 0.2) is 41.0 Å². The van der Waals surface area contributed by atoms with Crippen molar-refractivity contribution >= 4 is 45.1 Å². The third-order valence-corrected chi connectivity index (χ3v) is 5.06. The number of imidazole rings is 1. The average molecular weight is 518 g/mol. The molecule has 0 amide bonds. The topological polar surface area (TPSA) is 90.1 Å². The fraction of sp³-hybridized carbons (Fsp3) is 0.250. The van der Waals surface area contributed by atoms with Crippen molar-refractivity contribution in [1.82, 2.24) is 9.38 Å². The number of nitrogens with zero attached hydrogens (tertiary/aromatic N) is 2. The van der Waals surface area contributed by atoms with Gasteiger partial charge in [0.2, 0.25) is 0 Å². The first-order chi connectivity index (χ1) is 14.7. The fourth-order valence-corrected chi connectivity index (χ4v) is 3.76. The summed E-state index contributed by atoms with van der Waals surface area (Å²) in [6, 6.07) is 7.21. The van der Waals surface area contributed by atoms with Gasteiger partial charge < -0.3 is 19.0 Å². The van der Waals surface area contributed by atoms with Crippen molar-refractivity contribution in [2.45, 2.75) is 25.9 Å². The minimum absolute atomic E-state index is 0.0658. The van der Waals surface area contributed by atoms with E-state index in [1.165, 1.54) is 22.6 Å². The third kappa shape index (κ3) is 5.13. The molecule has 31 heavy (non-hydrogen) atoms. The zero-order chi connectivity index (χ0) is 22.7. The highest BCUT2D eigenvalue weighted by Gasteiger charge is 2.32. The van der Waals surface area contributed by atoms with E-state index in [2.05, 4.69) is 25.7 Å². The molecule has 0 saturated heterocycles. The third-order valence-electron chi connectivity index (χ3n) is 4.36. The lowest BCUT2D eigenvalue weighted by Gasteiger charge is -2.20. The number of hydrogen-bond donors (Lipinski definition) is 1. The molecule has 1 unspecified atom stereocenters. The standard InChI is InChI=1S/C20H16BrClF2N2O5/c1-2-30-19(29)17-18(26-9-10(21)3-6-15(26)25-17)13(8-16(27)28)12-7-11(22)4-5-14(12)31-20(23)24/h3-7,9,13,20H,2,8H2,1H3,(H,27,28). The molecular formula is C20H16BrClF2N2O5. The molecule has 1 atom stereocenters. The van der Waals surface area contributed by atoms with Crippen molar-refractivity contribution < 1.29 is 33.0 Å². The summed E-state index contributed by atoms with van der Waals surface area (Å²) in [6.45, 7) is -1.47. The van der Waals surface area contributed by atoms with Crippen molar-refractivity contribution in [2.24, 2.45) is 0 Å². The average Bonchev–Trinajstić information content (AvgIpc) is 3.06. The predicted octanol–water partition coefficient (Wildman–Crippen LogP) is 5.13. The van der Waals surface area contributed by atoms with Crippen LogP contribution in [-0.4, -0.2) is 39.6 Å². The highest BCUT2D eigenvalue weighted by atomic mass is 79.9. The molecule has 3 aromatic rings. The van der Waals surface area contributed by atoms with E-state index in [1.54, 1.807) is 25.3 Å². The maximum absolute atomic E-state index is 13.0. The number of halogens is 4. The van der Waals surface area contributed by atoms with Gasteiger partial charge in [-0.2, -0.15) is 8.78 Å². The number of alkyl halides is 2. The first-order valence-electron chi connectivity index (χ1n) is 9.02. The molecule has 0 aliphatic rings. The maximum atomic E-state index is 13.0. The predicted molar refractivity (Wildman–Crippen MR) is 111 cm³/mol. The number of carboxylic acids is 1. The summed E-state index contributed by atoms with van der Waals surface area (Å²) >= 11 is 9.41. The van der Waals surface area contributed by atoms with Crippen LogP contribution in [-0.2, 0) is 9.53 Å². The zero-order valence-electron chi connectivity index (χ0n) is 16.0. The number of carbonyl (C=O) groups is 2. The molecule has 0 saturated carbocycles. The van der Waals surface area contributed by atoms with Gasteiger partial charge in [0, 0.05) is 27.2 Å². The largest absolute Gasteiger partial charge is 0.481 e. The van der Waals surface area contributed by atoms with Crippen LogP contribution >= 0.6 is 27.5 Å². The van der Waals surface area contributed by atoms with Gasteiger partial charge >= 0.3 is 18.6 Å². The number of carbonyl (C=O) groups excluding carboxylic acids is 1. The number of ether oxygens (including phenoxy) is 2. The second-order valence-electron chi connectivity index (χ2n) is 6.35. The molecule has 0 aliphatic carbocycles. The Labute approximate surface area is 188 Å². The second kappa shape index (κ2) is 9.61. The van der Waals surface area contributed by atoms with E-state index >= 15 is 0 Å². The summed E-state index contributed by atoms with van der Waals surface area (Å²) in [5, 5.41) is 9.75. The smallest absolute Gasteiger partial charge is 0.387 e. The Morgan fingerprint density at radius 1 is 1.29 bits per heavy atom. The van der Waals surface area contributed by atoms with E-state index in [0.29, 0.717) is 10.1 Å². The molecule has 7 nitrogen and oxygen atoms in total. The monoisotopic (exact) mass is 516 g/mol. The Kier molecular flexibility index (Phi) is 7.11. The lowest BCUT2D eigenvalue weighted by molar-refractivity contribution is -0.137. The maximum Gasteiger partial charge on any atom is 0.387 e. The van der Waals surface area contributed by atoms with Crippen molar-refractivity contribution in [2.75, 3.05) is 6.61 Å². The molecule has 1 N–H and O–H groups in total. The SMILES string of the molecule is CCOC(=O)c1nc2ccc(Br)cn2c1C(CC(=O)O)c1cc(Cl)ccc1OC(F)F. The normalized spacial score (nSPS) is 12.2. The number of fused-ring (bicyclic) bond motifs is 1. The van der Waals surface area contributed by atoms with Gasteiger partial charge in [-0.3, -0.25) is 4.79 Å². The molecule has 3 rings (SSSR count). The van der Waals surface area contributed by atoms with Gasteiger partial charge in [-0.25, -0.2) is 9.78 Å². The first kappa shape index (κ1) is 23.0. The van der Waals surface area contributed by atoms with Crippen LogP contribution in [0.2, 0.25) is 5.02 Å². The molecule has 0 spiro atoms. The summed E-state index contributed by atoms with van der Waals surface area (Å²) in [4.78, 5) is 28.7. The lowest BCUT2D eigenvalue weighted by Crippen LogP contribution is -2.17. The number of hydrogen-bond acceptors (Lipinski definition) is 5. The van der Waals surface area contributed by atoms with Crippen molar-refractivity contribution in [3.05, 3.63) is 63.0 Å². The van der Waals surface area contributed by atoms with Gasteiger partial charge in [0.15, 0.2) is 5.69 Å². The number of benzene rings is 1.